The van der Waals surface area contributed by atoms with Gasteiger partial charge in [0.1, 0.15) is 0 Å². The van der Waals surface area contributed by atoms with Crippen LogP contribution in [0.2, 0.25) is 0 Å². The predicted octanol–water partition coefficient (Wildman–Crippen LogP) is 34.5. The number of hydrogen-bond donors (Lipinski definition) is 0. The van der Waals surface area contributed by atoms with Crippen LogP contribution < -0.4 is 0 Å². The molecule has 0 fully saturated rings. The average Bonchev–Trinajstić information content (AvgIpc) is 1.53. The highest BCUT2D eigenvalue weighted by Crippen LogP contribution is 2.47. The standard InChI is InChI=1S/C44H48N2.C40H40N2.C38H36N2/c1-8-9-10-11-12-13-17-34-24-32(6)44(33(7)25-34)46-40-21-19-29(3)23-36(40)38-26-41-37(27-42(38)46)35-22-28(2)18-20-39(35)45(41)43-30(4)15-14-16-31(43)5;1-6-7-8-9-13-30-16-18-31(19-17-30)41-36-20-14-26(2)22-32(36)34-25-39-35(24-38(34)41)33-23-27(3)15-21-37(33)42(39)40-28(4)11-10-12-29(40)5;1-4-5-6-8-11-28-16-18-30(19-17-28)40-36-21-15-27(3)23-32(36)34-24-37-33(25-38(34)40)31-22-26(2)14-20-35(31)39(37)29-12-9-7-10-13-29/h14-16,18-27H,8-13,17H2,1-7H3;10-12,14-25H,6-9,13H2,1-5H3;7,9-10,12-25H,4-6,8,11H2,1-3H3. The van der Waals surface area contributed by atoms with Gasteiger partial charge in [-0.25, -0.2) is 0 Å². The van der Waals surface area contributed by atoms with Gasteiger partial charge in [0.05, 0.1) is 83.3 Å². The minimum atomic E-state index is 1.16. The molecule has 15 aromatic carbocycles. The number of aromatic nitrogens is 6. The number of benzene rings is 15. The first-order chi connectivity index (χ1) is 62.3. The largest absolute Gasteiger partial charge is 0.309 e. The van der Waals surface area contributed by atoms with Gasteiger partial charge < -0.3 is 27.4 Å². The molecule has 0 saturated heterocycles. The van der Waals surface area contributed by atoms with E-state index < -0.39 is 0 Å². The van der Waals surface area contributed by atoms with Crippen molar-refractivity contribution in [3.05, 3.63) is 356 Å². The normalized spacial score (nSPS) is 11.9. The Kier molecular flexibility index (Phi) is 23.6. The van der Waals surface area contributed by atoms with Crippen LogP contribution >= 0.6 is 0 Å². The van der Waals surface area contributed by atoms with Gasteiger partial charge in [-0.3, -0.25) is 0 Å². The number of nitrogens with zero attached hydrogens (tertiary/aromatic N) is 6. The topological polar surface area (TPSA) is 29.6 Å². The number of rotatable bonds is 23. The lowest BCUT2D eigenvalue weighted by molar-refractivity contribution is 0.607. The van der Waals surface area contributed by atoms with Crippen LogP contribution in [0.3, 0.4) is 0 Å². The molecule has 0 amide bonds. The van der Waals surface area contributed by atoms with Gasteiger partial charge in [0.2, 0.25) is 0 Å². The molecule has 6 heteroatoms. The van der Waals surface area contributed by atoms with Crippen LogP contribution in [-0.2, 0) is 19.3 Å². The second kappa shape index (κ2) is 35.7. The van der Waals surface area contributed by atoms with Crippen molar-refractivity contribution in [2.24, 2.45) is 0 Å². The van der Waals surface area contributed by atoms with Crippen molar-refractivity contribution in [2.75, 3.05) is 0 Å². The van der Waals surface area contributed by atoms with E-state index in [1.54, 1.807) is 0 Å². The zero-order valence-electron chi connectivity index (χ0n) is 78.2. The third kappa shape index (κ3) is 15.7. The fourth-order valence-corrected chi connectivity index (χ4v) is 21.5. The van der Waals surface area contributed by atoms with Crippen LogP contribution in [0.4, 0.5) is 0 Å². The molecule has 0 atom stereocenters. The Bertz CT molecular complexity index is 7740. The maximum absolute atomic E-state index is 2.56. The molecule has 6 heterocycles. The van der Waals surface area contributed by atoms with Crippen molar-refractivity contribution in [2.45, 2.75) is 213 Å². The predicted molar refractivity (Wildman–Crippen MR) is 555 cm³/mol. The quantitative estimate of drug-likeness (QED) is 0.0572. The summed E-state index contributed by atoms with van der Waals surface area (Å²) >= 11 is 0. The summed E-state index contributed by atoms with van der Waals surface area (Å²) < 4.78 is 14.9. The number of fused-ring (bicyclic) bond motifs is 18. The van der Waals surface area contributed by atoms with Crippen molar-refractivity contribution < 1.29 is 0 Å². The minimum Gasteiger partial charge on any atom is -0.309 e. The Hall–Kier alpha value is -12.9. The second-order valence-corrected chi connectivity index (χ2v) is 37.7. The van der Waals surface area contributed by atoms with E-state index in [2.05, 4.69) is 404 Å². The van der Waals surface area contributed by atoms with E-state index in [9.17, 15) is 0 Å². The monoisotopic (exact) mass is 1670 g/mol. The maximum Gasteiger partial charge on any atom is 0.0549 e. The second-order valence-electron chi connectivity index (χ2n) is 37.7. The van der Waals surface area contributed by atoms with Crippen LogP contribution in [0.25, 0.3) is 165 Å². The summed E-state index contributed by atoms with van der Waals surface area (Å²) in [5.74, 6) is 0. The molecule has 0 unspecified atom stereocenters. The molecule has 0 aliphatic carbocycles. The maximum atomic E-state index is 2.56. The molecule has 21 rings (SSSR count). The van der Waals surface area contributed by atoms with E-state index in [0.29, 0.717) is 0 Å². The van der Waals surface area contributed by atoms with E-state index in [0.717, 1.165) is 19.3 Å². The summed E-state index contributed by atoms with van der Waals surface area (Å²) in [5.41, 5.74) is 42.7. The van der Waals surface area contributed by atoms with Crippen molar-refractivity contribution in [3.8, 4) is 34.1 Å². The van der Waals surface area contributed by atoms with Gasteiger partial charge in [-0.05, 0) is 317 Å². The molecule has 642 valence electrons. The molecule has 0 saturated carbocycles. The molecular weight excluding hydrogens is 1550 g/mol. The first kappa shape index (κ1) is 84.6. The molecule has 6 aromatic heterocycles. The van der Waals surface area contributed by atoms with Crippen LogP contribution in [0.1, 0.15) is 194 Å². The molecule has 128 heavy (non-hydrogen) atoms. The van der Waals surface area contributed by atoms with Gasteiger partial charge in [-0.1, -0.05) is 252 Å². The first-order valence-corrected chi connectivity index (χ1v) is 47.8. The van der Waals surface area contributed by atoms with Crippen molar-refractivity contribution in [1.29, 1.82) is 0 Å². The van der Waals surface area contributed by atoms with Gasteiger partial charge in [0.25, 0.3) is 0 Å². The lowest BCUT2D eigenvalue weighted by Gasteiger charge is -2.17. The highest BCUT2D eigenvalue weighted by Gasteiger charge is 2.26. The van der Waals surface area contributed by atoms with Crippen LogP contribution in [0, 0.1) is 83.1 Å². The summed E-state index contributed by atoms with van der Waals surface area (Å²) in [4.78, 5) is 0. The summed E-state index contributed by atoms with van der Waals surface area (Å²) in [7, 11) is 0. The van der Waals surface area contributed by atoms with Gasteiger partial charge in [-0.15, -0.1) is 0 Å². The third-order valence-corrected chi connectivity index (χ3v) is 27.8. The SMILES string of the molecule is CCCCCCCCc1cc(C)c(-n2c3ccc(C)cc3c3cc4c(cc32)c2cc(C)ccc2n4-c2c(C)cccc2C)c(C)c1.CCCCCCc1ccc(-n2c3ccc(C)cc3c3cc4c(cc32)c2cc(C)ccc2n4-c2c(C)cccc2C)cc1.CCCCCCc1ccc(-n2c3ccc(C)cc3c3cc4c(cc32)c2cc(C)ccc2n4-c2ccccc2)cc1. The molecule has 0 spiro atoms. The highest BCUT2D eigenvalue weighted by molar-refractivity contribution is 6.23. The Morgan fingerprint density at radius 3 is 0.680 bits per heavy atom. The molecule has 0 radical (unpaired) electrons. The summed E-state index contributed by atoms with van der Waals surface area (Å²) in [6, 6.07) is 104. The van der Waals surface area contributed by atoms with Gasteiger partial charge in [-0.2, -0.15) is 0 Å². The van der Waals surface area contributed by atoms with E-state index in [1.165, 1.54) is 338 Å². The van der Waals surface area contributed by atoms with Gasteiger partial charge in [0.15, 0.2) is 0 Å². The lowest BCUT2D eigenvalue weighted by atomic mass is 9.99. The number of hydrogen-bond acceptors (Lipinski definition) is 0. The smallest absolute Gasteiger partial charge is 0.0549 e. The lowest BCUT2D eigenvalue weighted by Crippen LogP contribution is -2.02. The van der Waals surface area contributed by atoms with Gasteiger partial charge >= 0.3 is 0 Å². The van der Waals surface area contributed by atoms with Crippen molar-refractivity contribution >= 4 is 131 Å². The Balaban J connectivity index is 0.000000125. The molecule has 0 aliphatic rings. The fraction of sp³-hybridized carbons (Fsp3) is 0.262. The van der Waals surface area contributed by atoms with E-state index in [1.807, 2.05) is 0 Å². The number of unbranched alkanes of at least 4 members (excludes halogenated alkanes) is 11. The zero-order valence-corrected chi connectivity index (χ0v) is 78.2. The molecule has 6 nitrogen and oxygen atoms in total. The average molecular weight is 1670 g/mol. The van der Waals surface area contributed by atoms with Crippen molar-refractivity contribution in [3.63, 3.8) is 0 Å². The third-order valence-electron chi connectivity index (χ3n) is 27.8. The Morgan fingerprint density at radius 2 is 0.391 bits per heavy atom. The minimum absolute atomic E-state index is 1.16. The van der Waals surface area contributed by atoms with Crippen LogP contribution in [0.15, 0.2) is 273 Å². The summed E-state index contributed by atoms with van der Waals surface area (Å²) in [5, 5.41) is 15.7. The molecule has 0 aliphatic heterocycles. The summed E-state index contributed by atoms with van der Waals surface area (Å²) in [6.07, 6.45) is 21.9. The van der Waals surface area contributed by atoms with E-state index in [4.69, 9.17) is 0 Å². The molecule has 21 aromatic rings. The van der Waals surface area contributed by atoms with Crippen LogP contribution in [-0.4, -0.2) is 27.4 Å². The molecule has 0 N–H and O–H groups in total. The molecular formula is C122H124N6. The first-order valence-electron chi connectivity index (χ1n) is 47.8. The Labute approximate surface area is 756 Å². The fourth-order valence-electron chi connectivity index (χ4n) is 21.5. The highest BCUT2D eigenvalue weighted by atomic mass is 15.0. The van der Waals surface area contributed by atoms with Gasteiger partial charge in [0, 0.05) is 81.7 Å². The van der Waals surface area contributed by atoms with Crippen LogP contribution in [0.5, 0.6) is 0 Å². The zero-order chi connectivity index (χ0) is 88.3. The number of aryl methyl sites for hydroxylation is 15. The van der Waals surface area contributed by atoms with Crippen molar-refractivity contribution in [1.82, 2.24) is 27.4 Å². The number of para-hydroxylation sites is 3. The Morgan fingerprint density at radius 1 is 0.164 bits per heavy atom. The van der Waals surface area contributed by atoms with E-state index in [-0.39, 0.29) is 0 Å². The summed E-state index contributed by atoms with van der Waals surface area (Å²) in [6.45, 7) is 33.6. The van der Waals surface area contributed by atoms with E-state index >= 15 is 0 Å². The molecule has 0 bridgehead atoms.